The molecule has 0 atom stereocenters. The van der Waals surface area contributed by atoms with Gasteiger partial charge in [0.25, 0.3) is 0 Å². The maximum Gasteiger partial charge on any atom is 0.614 e. The number of aromatic nitrogens is 1. The maximum atomic E-state index is 15.8. The molecule has 5 heteroatoms. The Kier molecular flexibility index (Phi) is 6.22. The fraction of sp³-hybridized carbons (Fsp3) is 0.0476. The van der Waals surface area contributed by atoms with Gasteiger partial charge in [-0.3, -0.25) is 9.22 Å². The van der Waals surface area contributed by atoms with E-state index in [-0.39, 0.29) is 0 Å². The van der Waals surface area contributed by atoms with Crippen molar-refractivity contribution < 1.29 is 4.32 Å². The normalized spacial score (nSPS) is 14.9. The van der Waals surface area contributed by atoms with Crippen LogP contribution >= 0.6 is 0 Å². The average Bonchev–Trinajstić information content (AvgIpc) is 3.62. The van der Waals surface area contributed by atoms with Gasteiger partial charge < -0.3 is 4.48 Å². The molecular weight excluding hydrogens is 576 g/mol. The van der Waals surface area contributed by atoms with E-state index in [9.17, 15) is 0 Å². The molecule has 0 bridgehead atoms. The summed E-state index contributed by atoms with van der Waals surface area (Å²) in [6.45, 7) is 1.94. The van der Waals surface area contributed by atoms with Gasteiger partial charge in [0.05, 0.1) is 5.41 Å². The van der Waals surface area contributed by atoms with E-state index in [0.717, 1.165) is 32.8 Å². The first kappa shape index (κ1) is 27.5. The summed E-state index contributed by atoms with van der Waals surface area (Å²) in [5.41, 5.74) is 10.6. The Labute approximate surface area is 272 Å². The van der Waals surface area contributed by atoms with E-state index in [4.69, 9.17) is 4.99 Å². The van der Waals surface area contributed by atoms with E-state index >= 15 is 4.32 Å². The number of allylic oxidation sites excluding steroid dienone is 3. The summed E-state index contributed by atoms with van der Waals surface area (Å²) in [6.07, 6.45) is 7.40. The van der Waals surface area contributed by atoms with Gasteiger partial charge in [0.2, 0.25) is 0 Å². The van der Waals surface area contributed by atoms with Crippen molar-refractivity contribution in [3.05, 3.63) is 186 Å². The minimum Gasteiger partial charge on any atom is -0.318 e. The number of hydrogen-bond acceptors (Lipinski definition) is 2. The van der Waals surface area contributed by atoms with Crippen LogP contribution in [0.5, 0.6) is 0 Å². The van der Waals surface area contributed by atoms with Crippen LogP contribution in [-0.4, -0.2) is 17.6 Å². The van der Waals surface area contributed by atoms with Crippen LogP contribution in [0.1, 0.15) is 29.2 Å². The Balaban J connectivity index is 1.34. The lowest BCUT2D eigenvalue weighted by molar-refractivity contribution is 0.768. The highest BCUT2D eigenvalue weighted by Crippen LogP contribution is 2.58. The highest BCUT2D eigenvalue weighted by molar-refractivity contribution is 6.52. The van der Waals surface area contributed by atoms with Crippen molar-refractivity contribution in [2.45, 2.75) is 12.3 Å². The number of fused-ring (bicyclic) bond motifs is 6. The molecule has 1 aliphatic heterocycles. The minimum absolute atomic E-state index is 0.377. The Morgan fingerprint density at radius 2 is 1.30 bits per heavy atom. The number of halogens is 1. The Bertz CT molecular complexity index is 2450. The Morgan fingerprint density at radius 1 is 0.638 bits per heavy atom. The molecule has 222 valence electrons. The highest BCUT2D eigenvalue weighted by atomic mass is 19.1. The third kappa shape index (κ3) is 3.86. The second-order valence-corrected chi connectivity index (χ2v) is 12.1. The number of benzene rings is 6. The number of nitrogens with zero attached hydrogens (tertiary/aromatic N) is 3. The van der Waals surface area contributed by atoms with Crippen LogP contribution in [0, 0.1) is 0 Å². The lowest BCUT2D eigenvalue weighted by atomic mass is 9.67. The Morgan fingerprint density at radius 3 is 2.06 bits per heavy atom. The fourth-order valence-electron chi connectivity index (χ4n) is 7.94. The van der Waals surface area contributed by atoms with Gasteiger partial charge >= 0.3 is 7.26 Å². The van der Waals surface area contributed by atoms with Gasteiger partial charge in [0.15, 0.2) is 0 Å². The SMILES string of the molecule is C/C=C\C=C/C1=NB(F)n2c(c3cccc4c(-c5cccc6c5-c5ccccc5C6(c5ccccc5)c5ccccc5)ccc2c43)=N1. The third-order valence-electron chi connectivity index (χ3n) is 9.74. The first-order chi connectivity index (χ1) is 23.2. The molecule has 0 fully saturated rings. The van der Waals surface area contributed by atoms with Crippen molar-refractivity contribution in [2.75, 3.05) is 0 Å². The molecule has 0 saturated heterocycles. The first-order valence-electron chi connectivity index (χ1n) is 16.0. The quantitative estimate of drug-likeness (QED) is 0.138. The highest BCUT2D eigenvalue weighted by Gasteiger charge is 2.46. The van der Waals surface area contributed by atoms with Crippen LogP contribution in [0.2, 0.25) is 0 Å². The first-order valence-corrected chi connectivity index (χ1v) is 16.0. The van der Waals surface area contributed by atoms with Crippen LogP contribution in [0.4, 0.5) is 4.32 Å². The summed E-state index contributed by atoms with van der Waals surface area (Å²) in [7, 11) is -1.56. The summed E-state index contributed by atoms with van der Waals surface area (Å²) >= 11 is 0. The molecule has 0 spiro atoms. The molecule has 2 aliphatic rings. The zero-order valence-corrected chi connectivity index (χ0v) is 25.8. The molecule has 9 rings (SSSR count). The third-order valence-corrected chi connectivity index (χ3v) is 9.74. The van der Waals surface area contributed by atoms with Crippen molar-refractivity contribution in [2.24, 2.45) is 9.90 Å². The largest absolute Gasteiger partial charge is 0.614 e. The standard InChI is InChI=1S/C42H29BFN3/c1-2-3-6-25-38-45-41-34-22-13-20-32-30(26-27-37(40(32)34)47(41)43(44)46-38)31-21-14-24-36-39(31)33-19-11-12-23-35(33)42(36,28-15-7-4-8-16-28)29-17-9-5-10-18-29/h2-27H,1H3/b3-2-,25-6-. The zero-order valence-electron chi connectivity index (χ0n) is 25.8. The molecule has 0 amide bonds. The van der Waals surface area contributed by atoms with E-state index in [1.54, 1.807) is 10.6 Å². The summed E-state index contributed by atoms with van der Waals surface area (Å²) in [5.74, 6) is 0.377. The number of hydrogen-bond donors (Lipinski definition) is 0. The summed E-state index contributed by atoms with van der Waals surface area (Å²) in [5, 5.41) is 2.99. The van der Waals surface area contributed by atoms with Crippen LogP contribution < -0.4 is 5.49 Å². The van der Waals surface area contributed by atoms with Gasteiger partial charge in [-0.1, -0.05) is 146 Å². The maximum absolute atomic E-state index is 15.8. The molecule has 2 heterocycles. The van der Waals surface area contributed by atoms with Gasteiger partial charge in [0, 0.05) is 16.3 Å². The van der Waals surface area contributed by atoms with Crippen LogP contribution in [-0.2, 0) is 5.41 Å². The lowest BCUT2D eigenvalue weighted by Gasteiger charge is -2.34. The molecule has 1 aliphatic carbocycles. The van der Waals surface area contributed by atoms with E-state index in [1.165, 1.54) is 33.4 Å². The molecule has 0 N–H and O–H groups in total. The number of amidine groups is 1. The van der Waals surface area contributed by atoms with Crippen LogP contribution in [0.3, 0.4) is 0 Å². The van der Waals surface area contributed by atoms with Crippen molar-refractivity contribution >= 4 is 34.8 Å². The molecule has 3 nitrogen and oxygen atoms in total. The number of rotatable bonds is 5. The van der Waals surface area contributed by atoms with Gasteiger partial charge in [0.1, 0.15) is 11.3 Å². The monoisotopic (exact) mass is 605 g/mol. The average molecular weight is 606 g/mol. The van der Waals surface area contributed by atoms with E-state index in [1.807, 2.05) is 37.3 Å². The zero-order chi connectivity index (χ0) is 31.5. The molecule has 0 unspecified atom stereocenters. The molecule has 0 saturated carbocycles. The van der Waals surface area contributed by atoms with Crippen molar-refractivity contribution in [1.82, 2.24) is 4.48 Å². The lowest BCUT2D eigenvalue weighted by Crippen LogP contribution is -2.33. The van der Waals surface area contributed by atoms with E-state index in [0.29, 0.717) is 11.3 Å². The van der Waals surface area contributed by atoms with Gasteiger partial charge in [-0.15, -0.1) is 0 Å². The smallest absolute Gasteiger partial charge is 0.318 e. The van der Waals surface area contributed by atoms with Crippen LogP contribution in [0.15, 0.2) is 168 Å². The van der Waals surface area contributed by atoms with E-state index in [2.05, 4.69) is 126 Å². The molecule has 47 heavy (non-hydrogen) atoms. The molecular formula is C42H29BFN3. The van der Waals surface area contributed by atoms with Gasteiger partial charge in [-0.05, 0) is 69.0 Å². The van der Waals surface area contributed by atoms with Crippen molar-refractivity contribution in [1.29, 1.82) is 0 Å². The summed E-state index contributed by atoms with van der Waals surface area (Å²) in [6, 6.07) is 47.7. The Hall–Kier alpha value is -5.81. The second kappa shape index (κ2) is 10.6. The topological polar surface area (TPSA) is 29.6 Å². The van der Waals surface area contributed by atoms with Gasteiger partial charge in [-0.25, -0.2) is 4.99 Å². The molecule has 6 aromatic carbocycles. The van der Waals surface area contributed by atoms with E-state index < -0.39 is 12.7 Å². The molecule has 0 radical (unpaired) electrons. The van der Waals surface area contributed by atoms with Crippen molar-refractivity contribution in [3.8, 4) is 22.3 Å². The predicted molar refractivity (Wildman–Crippen MR) is 193 cm³/mol. The summed E-state index contributed by atoms with van der Waals surface area (Å²) in [4.78, 5) is 9.07. The predicted octanol–water partition coefficient (Wildman–Crippen LogP) is 9.51. The van der Waals surface area contributed by atoms with Crippen molar-refractivity contribution in [3.63, 3.8) is 0 Å². The fourth-order valence-corrected chi connectivity index (χ4v) is 7.94. The van der Waals surface area contributed by atoms with Crippen LogP contribution in [0.25, 0.3) is 43.9 Å². The molecule has 1 aromatic heterocycles. The molecule has 7 aromatic rings. The van der Waals surface area contributed by atoms with Gasteiger partial charge in [-0.2, -0.15) is 0 Å². The minimum atomic E-state index is -1.56. The second-order valence-electron chi connectivity index (χ2n) is 12.1. The summed E-state index contributed by atoms with van der Waals surface area (Å²) < 4.78 is 17.4.